The van der Waals surface area contributed by atoms with Gasteiger partial charge in [0.25, 0.3) is 5.91 Å². The zero-order valence-electron chi connectivity index (χ0n) is 19.6. The Balaban J connectivity index is 1.51. The molecule has 0 aliphatic carbocycles. The van der Waals surface area contributed by atoms with Crippen molar-refractivity contribution >= 4 is 17.3 Å². The molecular formula is C28H28N4O3. The Morgan fingerprint density at radius 3 is 2.37 bits per heavy atom. The smallest absolute Gasteiger partial charge is 0.253 e. The summed E-state index contributed by atoms with van der Waals surface area (Å²) in [5, 5.41) is 0. The molecule has 0 radical (unpaired) electrons. The molecule has 2 aromatic carbocycles. The normalized spacial score (nSPS) is 15.3. The molecule has 0 saturated carbocycles. The Kier molecular flexibility index (Phi) is 6.33. The van der Waals surface area contributed by atoms with E-state index in [4.69, 9.17) is 10.5 Å². The van der Waals surface area contributed by atoms with Crippen molar-refractivity contribution < 1.29 is 14.3 Å². The first kappa shape index (κ1) is 22.8. The fourth-order valence-electron chi connectivity index (χ4n) is 4.92. The number of primary amides is 1. The lowest BCUT2D eigenvalue weighted by atomic mass is 9.88. The van der Waals surface area contributed by atoms with Crippen molar-refractivity contribution in [1.82, 2.24) is 14.3 Å². The highest BCUT2D eigenvalue weighted by atomic mass is 16.5. The first-order chi connectivity index (χ1) is 17.1. The Morgan fingerprint density at radius 1 is 1.00 bits per heavy atom. The molecule has 1 aliphatic heterocycles. The van der Waals surface area contributed by atoms with Crippen molar-refractivity contribution in [2.24, 2.45) is 5.73 Å². The van der Waals surface area contributed by atoms with Crippen LogP contribution in [0.4, 0.5) is 0 Å². The highest BCUT2D eigenvalue weighted by Gasteiger charge is 2.28. The van der Waals surface area contributed by atoms with Crippen LogP contribution in [0.15, 0.2) is 79.3 Å². The lowest BCUT2D eigenvalue weighted by Crippen LogP contribution is -2.40. The standard InChI is InChI=1S/C28H28N4O3/c1-35-23-13-15-31(16-14-23)28(34)21-9-7-20(8-10-21)25(27(29)33)26-24(19-5-3-2-4-6-19)12-11-22-17-30-18-32(22)26/h2-12,17-18,23,25H,13-16H2,1H3,(H2,29,33). The quantitative estimate of drug-likeness (QED) is 0.465. The number of aromatic nitrogens is 2. The average molecular weight is 469 g/mol. The maximum absolute atomic E-state index is 13.0. The molecule has 4 aromatic rings. The van der Waals surface area contributed by atoms with Crippen molar-refractivity contribution in [3.05, 3.63) is 96.1 Å². The Morgan fingerprint density at radius 2 is 1.71 bits per heavy atom. The second kappa shape index (κ2) is 9.72. The van der Waals surface area contributed by atoms with Crippen LogP contribution >= 0.6 is 0 Å². The molecule has 35 heavy (non-hydrogen) atoms. The third kappa shape index (κ3) is 4.42. The number of benzene rings is 2. The molecule has 2 N–H and O–H groups in total. The van der Waals surface area contributed by atoms with Gasteiger partial charge in [-0.05, 0) is 42.2 Å². The van der Waals surface area contributed by atoms with E-state index < -0.39 is 11.8 Å². The highest BCUT2D eigenvalue weighted by Crippen LogP contribution is 2.34. The number of nitrogens with two attached hydrogens (primary N) is 1. The van der Waals surface area contributed by atoms with Gasteiger partial charge in [-0.15, -0.1) is 0 Å². The summed E-state index contributed by atoms with van der Waals surface area (Å²) in [6.07, 6.45) is 5.34. The van der Waals surface area contributed by atoms with Gasteiger partial charge >= 0.3 is 0 Å². The lowest BCUT2D eigenvalue weighted by molar-refractivity contribution is -0.118. The van der Waals surface area contributed by atoms with Gasteiger partial charge in [0, 0.05) is 37.0 Å². The predicted molar refractivity (Wildman–Crippen MR) is 134 cm³/mol. The summed E-state index contributed by atoms with van der Waals surface area (Å²) in [6.45, 7) is 1.35. The number of carbonyl (C=O) groups excluding carboxylic acids is 2. The molecule has 7 nitrogen and oxygen atoms in total. The maximum atomic E-state index is 13.0. The molecule has 0 bridgehead atoms. The number of carbonyl (C=O) groups is 2. The second-order valence-corrected chi connectivity index (χ2v) is 8.87. The first-order valence-electron chi connectivity index (χ1n) is 11.8. The van der Waals surface area contributed by atoms with E-state index in [0.717, 1.165) is 40.7 Å². The van der Waals surface area contributed by atoms with Gasteiger partial charge in [-0.1, -0.05) is 48.5 Å². The van der Waals surface area contributed by atoms with Crippen LogP contribution in [0.2, 0.25) is 0 Å². The number of piperidine rings is 1. The van der Waals surface area contributed by atoms with Crippen LogP contribution < -0.4 is 5.73 Å². The number of ether oxygens (including phenoxy) is 1. The number of rotatable bonds is 6. The highest BCUT2D eigenvalue weighted by molar-refractivity contribution is 5.95. The number of methoxy groups -OCH3 is 1. The fourth-order valence-corrected chi connectivity index (χ4v) is 4.92. The number of hydrogen-bond donors (Lipinski definition) is 1. The molecule has 1 aliphatic rings. The first-order valence-corrected chi connectivity index (χ1v) is 11.8. The zero-order chi connectivity index (χ0) is 24.4. The third-order valence-electron chi connectivity index (χ3n) is 6.82. The monoisotopic (exact) mass is 468 g/mol. The van der Waals surface area contributed by atoms with Gasteiger partial charge in [0.05, 0.1) is 24.1 Å². The molecule has 1 unspecified atom stereocenters. The number of nitrogens with zero attached hydrogens (tertiary/aromatic N) is 3. The van der Waals surface area contributed by atoms with E-state index in [9.17, 15) is 9.59 Å². The van der Waals surface area contributed by atoms with E-state index in [1.807, 2.05) is 63.9 Å². The van der Waals surface area contributed by atoms with Gasteiger partial charge in [-0.3, -0.25) is 9.59 Å². The summed E-state index contributed by atoms with van der Waals surface area (Å²) < 4.78 is 7.32. The topological polar surface area (TPSA) is 89.9 Å². The van der Waals surface area contributed by atoms with Crippen molar-refractivity contribution in [3.63, 3.8) is 0 Å². The minimum absolute atomic E-state index is 0.0107. The van der Waals surface area contributed by atoms with E-state index in [2.05, 4.69) is 4.98 Å². The summed E-state index contributed by atoms with van der Waals surface area (Å²) in [7, 11) is 1.71. The number of hydrogen-bond acceptors (Lipinski definition) is 4. The third-order valence-corrected chi connectivity index (χ3v) is 6.82. The van der Waals surface area contributed by atoms with Gasteiger partial charge in [-0.2, -0.15) is 0 Å². The molecule has 1 fully saturated rings. The van der Waals surface area contributed by atoms with Crippen LogP contribution in [0.25, 0.3) is 16.6 Å². The molecule has 7 heteroatoms. The Hall–Kier alpha value is -3.97. The molecular weight excluding hydrogens is 440 g/mol. The second-order valence-electron chi connectivity index (χ2n) is 8.87. The maximum Gasteiger partial charge on any atom is 0.253 e. The number of pyridine rings is 1. The number of amides is 2. The Labute approximate surface area is 204 Å². The van der Waals surface area contributed by atoms with E-state index in [1.54, 1.807) is 31.8 Å². The fraction of sp³-hybridized carbons (Fsp3) is 0.250. The van der Waals surface area contributed by atoms with Crippen LogP contribution in [-0.4, -0.2) is 52.4 Å². The summed E-state index contributed by atoms with van der Waals surface area (Å²) in [4.78, 5) is 32.1. The predicted octanol–water partition coefficient (Wildman–Crippen LogP) is 3.87. The molecule has 1 atom stereocenters. The summed E-state index contributed by atoms with van der Waals surface area (Å²) in [5.41, 5.74) is 10.8. The molecule has 1 saturated heterocycles. The molecule has 5 rings (SSSR count). The van der Waals surface area contributed by atoms with E-state index >= 15 is 0 Å². The number of likely N-dealkylation sites (tertiary alicyclic amines) is 1. The molecule has 2 aromatic heterocycles. The van der Waals surface area contributed by atoms with Gasteiger partial charge in [0.15, 0.2) is 0 Å². The summed E-state index contributed by atoms with van der Waals surface area (Å²) in [5.74, 6) is -1.20. The van der Waals surface area contributed by atoms with Crippen LogP contribution in [-0.2, 0) is 9.53 Å². The lowest BCUT2D eigenvalue weighted by Gasteiger charge is -2.31. The van der Waals surface area contributed by atoms with E-state index in [1.165, 1.54) is 0 Å². The van der Waals surface area contributed by atoms with Crippen molar-refractivity contribution in [1.29, 1.82) is 0 Å². The zero-order valence-corrected chi connectivity index (χ0v) is 19.6. The SMILES string of the molecule is COC1CCN(C(=O)c2ccc(C(C(N)=O)c3c(-c4ccccc4)ccc4cncn34)cc2)CC1. The van der Waals surface area contributed by atoms with Crippen LogP contribution in [0.1, 0.15) is 40.4 Å². The van der Waals surface area contributed by atoms with Crippen molar-refractivity contribution in [3.8, 4) is 11.1 Å². The number of imidazole rings is 1. The van der Waals surface area contributed by atoms with Gasteiger partial charge in [0.1, 0.15) is 5.92 Å². The van der Waals surface area contributed by atoms with Gasteiger partial charge in [0.2, 0.25) is 5.91 Å². The molecule has 0 spiro atoms. The minimum atomic E-state index is -0.718. The van der Waals surface area contributed by atoms with Crippen LogP contribution in [0, 0.1) is 0 Å². The van der Waals surface area contributed by atoms with E-state index in [0.29, 0.717) is 18.7 Å². The van der Waals surface area contributed by atoms with Crippen molar-refractivity contribution in [2.75, 3.05) is 20.2 Å². The van der Waals surface area contributed by atoms with Gasteiger partial charge in [-0.25, -0.2) is 4.98 Å². The summed E-state index contributed by atoms with van der Waals surface area (Å²) in [6, 6.07) is 21.1. The number of fused-ring (bicyclic) bond motifs is 1. The molecule has 2 amide bonds. The average Bonchev–Trinajstić information content (AvgIpc) is 3.39. The minimum Gasteiger partial charge on any atom is -0.381 e. The largest absolute Gasteiger partial charge is 0.381 e. The van der Waals surface area contributed by atoms with Crippen LogP contribution in [0.3, 0.4) is 0 Å². The van der Waals surface area contributed by atoms with Crippen LogP contribution in [0.5, 0.6) is 0 Å². The van der Waals surface area contributed by atoms with E-state index in [-0.39, 0.29) is 12.0 Å². The van der Waals surface area contributed by atoms with Gasteiger partial charge < -0.3 is 19.8 Å². The molecule has 3 heterocycles. The molecule has 178 valence electrons. The summed E-state index contributed by atoms with van der Waals surface area (Å²) >= 11 is 0. The van der Waals surface area contributed by atoms with Crippen molar-refractivity contribution in [2.45, 2.75) is 24.9 Å². The Bertz CT molecular complexity index is 1340.